The summed E-state index contributed by atoms with van der Waals surface area (Å²) in [6.45, 7) is 2.07. The summed E-state index contributed by atoms with van der Waals surface area (Å²) in [7, 11) is -3.48. The number of anilines is 1. The highest BCUT2D eigenvalue weighted by atomic mass is 32.2. The topological polar surface area (TPSA) is 102 Å². The van der Waals surface area contributed by atoms with Crippen LogP contribution in [0.25, 0.3) is 0 Å². The van der Waals surface area contributed by atoms with E-state index >= 15 is 0 Å². The molecule has 8 nitrogen and oxygen atoms in total. The number of esters is 1. The quantitative estimate of drug-likeness (QED) is 0.718. The normalized spacial score (nSPS) is 17.9. The molecule has 1 aromatic carbocycles. The zero-order valence-electron chi connectivity index (χ0n) is 14.2. The van der Waals surface area contributed by atoms with Gasteiger partial charge < -0.3 is 14.8 Å². The number of ether oxygens (including phenoxy) is 2. The molecule has 0 radical (unpaired) electrons. The predicted octanol–water partition coefficient (Wildman–Crippen LogP) is 0.991. The molecule has 1 aliphatic rings. The van der Waals surface area contributed by atoms with Crippen LogP contribution in [0.1, 0.15) is 19.8 Å². The third-order valence-corrected chi connectivity index (χ3v) is 5.00. The van der Waals surface area contributed by atoms with Crippen molar-refractivity contribution in [3.8, 4) is 5.75 Å². The summed E-state index contributed by atoms with van der Waals surface area (Å²) in [6, 6.07) is 6.05. The van der Waals surface area contributed by atoms with Crippen molar-refractivity contribution >= 4 is 27.6 Å². The lowest BCUT2D eigenvalue weighted by Gasteiger charge is -2.20. The Morgan fingerprint density at radius 2 is 2.04 bits per heavy atom. The number of hydrogen-bond acceptors (Lipinski definition) is 6. The molecule has 0 bridgehead atoms. The number of nitrogens with zero attached hydrogens (tertiary/aromatic N) is 1. The molecule has 1 aromatic rings. The minimum atomic E-state index is -3.48. The van der Waals surface area contributed by atoms with Gasteiger partial charge in [0.05, 0.1) is 18.6 Å². The number of amides is 1. The number of nitrogens with one attached hydrogen (secondary N) is 1. The first kappa shape index (κ1) is 19.2. The van der Waals surface area contributed by atoms with E-state index in [4.69, 9.17) is 9.47 Å². The molecule has 1 heterocycles. The number of hydrogen-bond donors (Lipinski definition) is 1. The maximum absolute atomic E-state index is 12.1. The molecule has 25 heavy (non-hydrogen) atoms. The first-order chi connectivity index (χ1) is 11.8. The van der Waals surface area contributed by atoms with Crippen molar-refractivity contribution in [2.45, 2.75) is 25.8 Å². The van der Waals surface area contributed by atoms with Crippen molar-refractivity contribution in [2.75, 3.05) is 31.3 Å². The highest BCUT2D eigenvalue weighted by Crippen LogP contribution is 2.24. The van der Waals surface area contributed by atoms with Crippen LogP contribution in [0.15, 0.2) is 24.3 Å². The van der Waals surface area contributed by atoms with Gasteiger partial charge in [-0.1, -0.05) is 12.1 Å². The maximum atomic E-state index is 12.1. The van der Waals surface area contributed by atoms with Gasteiger partial charge in [0.1, 0.15) is 11.8 Å². The average Bonchev–Trinajstić information content (AvgIpc) is 3.05. The monoisotopic (exact) mass is 370 g/mol. The van der Waals surface area contributed by atoms with E-state index in [0.29, 0.717) is 30.9 Å². The SMILES string of the molecule is CCOc1ccccc1NC(=O)COC(=O)C1CCCN1S(C)(=O)=O. The molecule has 2 rings (SSSR count). The number of rotatable bonds is 7. The molecule has 0 saturated carbocycles. The minimum absolute atomic E-state index is 0.284. The number of benzene rings is 1. The number of carbonyl (C=O) groups is 2. The Kier molecular flexibility index (Phi) is 6.38. The van der Waals surface area contributed by atoms with Crippen molar-refractivity contribution in [2.24, 2.45) is 0 Å². The van der Waals surface area contributed by atoms with Crippen LogP contribution >= 0.6 is 0 Å². The Balaban J connectivity index is 1.91. The van der Waals surface area contributed by atoms with E-state index in [1.54, 1.807) is 24.3 Å². The van der Waals surface area contributed by atoms with Crippen molar-refractivity contribution in [3.63, 3.8) is 0 Å². The second-order valence-electron chi connectivity index (χ2n) is 5.62. The van der Waals surface area contributed by atoms with Gasteiger partial charge in [-0.2, -0.15) is 4.31 Å². The first-order valence-corrected chi connectivity index (χ1v) is 9.83. The van der Waals surface area contributed by atoms with Crippen molar-refractivity contribution in [1.82, 2.24) is 4.31 Å². The first-order valence-electron chi connectivity index (χ1n) is 7.98. The fourth-order valence-electron chi connectivity index (χ4n) is 2.64. The summed E-state index contributed by atoms with van der Waals surface area (Å²) in [4.78, 5) is 24.1. The highest BCUT2D eigenvalue weighted by Gasteiger charge is 2.37. The fourth-order valence-corrected chi connectivity index (χ4v) is 3.76. The summed E-state index contributed by atoms with van der Waals surface area (Å²) in [5.74, 6) is -0.718. The zero-order chi connectivity index (χ0) is 18.4. The molecule has 1 unspecified atom stereocenters. The summed E-state index contributed by atoms with van der Waals surface area (Å²) >= 11 is 0. The van der Waals surface area contributed by atoms with E-state index in [-0.39, 0.29) is 6.54 Å². The smallest absolute Gasteiger partial charge is 0.324 e. The summed E-state index contributed by atoms with van der Waals surface area (Å²) in [6.07, 6.45) is 2.03. The molecule has 1 N–H and O–H groups in total. The molecule has 1 saturated heterocycles. The second kappa shape index (κ2) is 8.30. The second-order valence-corrected chi connectivity index (χ2v) is 7.55. The van der Waals surface area contributed by atoms with Crippen LogP contribution in [-0.4, -0.2) is 56.7 Å². The summed E-state index contributed by atoms with van der Waals surface area (Å²) in [5.41, 5.74) is 0.476. The van der Waals surface area contributed by atoms with Gasteiger partial charge in [0.25, 0.3) is 5.91 Å². The van der Waals surface area contributed by atoms with E-state index in [2.05, 4.69) is 5.32 Å². The lowest BCUT2D eigenvalue weighted by Crippen LogP contribution is -2.41. The number of para-hydroxylation sites is 2. The number of carbonyl (C=O) groups excluding carboxylic acids is 2. The zero-order valence-corrected chi connectivity index (χ0v) is 15.0. The summed E-state index contributed by atoms with van der Waals surface area (Å²) in [5, 5.41) is 2.61. The van der Waals surface area contributed by atoms with Gasteiger partial charge in [0, 0.05) is 6.54 Å². The minimum Gasteiger partial charge on any atom is -0.492 e. The molecular weight excluding hydrogens is 348 g/mol. The molecule has 1 atom stereocenters. The highest BCUT2D eigenvalue weighted by molar-refractivity contribution is 7.88. The Morgan fingerprint density at radius 3 is 2.72 bits per heavy atom. The van der Waals surface area contributed by atoms with Crippen LogP contribution in [0.5, 0.6) is 5.75 Å². The Labute approximate surface area is 147 Å². The van der Waals surface area contributed by atoms with Gasteiger partial charge in [0.15, 0.2) is 6.61 Å². The van der Waals surface area contributed by atoms with Crippen molar-refractivity contribution in [3.05, 3.63) is 24.3 Å². The maximum Gasteiger partial charge on any atom is 0.324 e. The Hall–Kier alpha value is -2.13. The standard InChI is InChI=1S/C16H22N2O6S/c1-3-23-14-9-5-4-7-12(14)17-15(19)11-24-16(20)13-8-6-10-18(13)25(2,21)22/h4-5,7,9,13H,3,6,8,10-11H2,1-2H3,(H,17,19). The molecular formula is C16H22N2O6S. The Bertz CT molecular complexity index is 734. The molecule has 0 aliphatic carbocycles. The van der Waals surface area contributed by atoms with Crippen LogP contribution in [0, 0.1) is 0 Å². The van der Waals surface area contributed by atoms with Gasteiger partial charge in [0.2, 0.25) is 10.0 Å². The van der Waals surface area contributed by atoms with Gasteiger partial charge in [-0.3, -0.25) is 9.59 Å². The van der Waals surface area contributed by atoms with Crippen LogP contribution in [0.3, 0.4) is 0 Å². The van der Waals surface area contributed by atoms with Gasteiger partial charge in [-0.25, -0.2) is 8.42 Å². The lowest BCUT2D eigenvalue weighted by molar-refractivity contribution is -0.150. The van der Waals surface area contributed by atoms with Crippen LogP contribution in [0.4, 0.5) is 5.69 Å². The van der Waals surface area contributed by atoms with Gasteiger partial charge >= 0.3 is 5.97 Å². The van der Waals surface area contributed by atoms with Crippen LogP contribution < -0.4 is 10.1 Å². The van der Waals surface area contributed by atoms with E-state index in [1.807, 2.05) is 6.92 Å². The predicted molar refractivity (Wildman–Crippen MR) is 91.8 cm³/mol. The molecule has 9 heteroatoms. The molecule has 138 valence electrons. The third kappa shape index (κ3) is 5.17. The van der Waals surface area contributed by atoms with Gasteiger partial charge in [-0.05, 0) is 31.9 Å². The van der Waals surface area contributed by atoms with E-state index in [0.717, 1.165) is 10.6 Å². The van der Waals surface area contributed by atoms with Crippen LogP contribution in [0.2, 0.25) is 0 Å². The largest absolute Gasteiger partial charge is 0.492 e. The third-order valence-electron chi connectivity index (χ3n) is 3.71. The summed E-state index contributed by atoms with van der Waals surface area (Å²) < 4.78 is 34.8. The molecule has 1 amide bonds. The van der Waals surface area contributed by atoms with Crippen molar-refractivity contribution in [1.29, 1.82) is 0 Å². The number of sulfonamides is 1. The van der Waals surface area contributed by atoms with E-state index < -0.39 is 34.5 Å². The van der Waals surface area contributed by atoms with Crippen molar-refractivity contribution < 1.29 is 27.5 Å². The fraction of sp³-hybridized carbons (Fsp3) is 0.500. The molecule has 1 fully saturated rings. The lowest BCUT2D eigenvalue weighted by atomic mass is 10.2. The van der Waals surface area contributed by atoms with E-state index in [1.165, 1.54) is 0 Å². The molecule has 0 spiro atoms. The molecule has 1 aliphatic heterocycles. The molecule has 0 aromatic heterocycles. The van der Waals surface area contributed by atoms with Crippen LogP contribution in [-0.2, 0) is 24.3 Å². The van der Waals surface area contributed by atoms with E-state index in [9.17, 15) is 18.0 Å². The average molecular weight is 370 g/mol. The Morgan fingerprint density at radius 1 is 1.32 bits per heavy atom. The van der Waals surface area contributed by atoms with Gasteiger partial charge in [-0.15, -0.1) is 0 Å².